The minimum Gasteiger partial charge on any atom is -0.262 e. The second-order valence-corrected chi connectivity index (χ2v) is 5.82. The molecule has 0 fully saturated rings. The first-order chi connectivity index (χ1) is 9.05. The fourth-order valence-corrected chi connectivity index (χ4v) is 2.96. The molecule has 100 valence electrons. The Balaban J connectivity index is 2.45. The number of nitrogens with zero attached hydrogens (tertiary/aromatic N) is 1. The molecule has 0 aliphatic rings. The van der Waals surface area contributed by atoms with Crippen LogP contribution in [0.5, 0.6) is 0 Å². The van der Waals surface area contributed by atoms with Gasteiger partial charge in [0.05, 0.1) is 17.7 Å². The van der Waals surface area contributed by atoms with Gasteiger partial charge in [0.2, 0.25) is 0 Å². The summed E-state index contributed by atoms with van der Waals surface area (Å²) in [5, 5.41) is 0. The monoisotopic (exact) mass is 277 g/mol. The maximum Gasteiger partial charge on any atom is 0.286 e. The van der Waals surface area contributed by atoms with Gasteiger partial charge >= 0.3 is 0 Å². The van der Waals surface area contributed by atoms with Gasteiger partial charge < -0.3 is 0 Å². The van der Waals surface area contributed by atoms with Crippen LogP contribution in [0.1, 0.15) is 5.56 Å². The third-order valence-electron chi connectivity index (χ3n) is 2.67. The first-order valence-electron chi connectivity index (χ1n) is 5.77. The molecule has 0 amide bonds. The number of benzene rings is 2. The second-order valence-electron chi connectivity index (χ2n) is 4.06. The van der Waals surface area contributed by atoms with Crippen LogP contribution in [0.4, 0.5) is 5.69 Å². The van der Waals surface area contributed by atoms with Gasteiger partial charge in [0.25, 0.3) is 10.0 Å². The van der Waals surface area contributed by atoms with Gasteiger partial charge in [0.15, 0.2) is 0 Å². The summed E-state index contributed by atoms with van der Waals surface area (Å²) in [4.78, 5) is 5.23. The number of para-hydroxylation sites is 1. The maximum absolute atomic E-state index is 12.5. The summed E-state index contributed by atoms with van der Waals surface area (Å²) in [5.74, 6) is 0. The molecule has 0 aliphatic carbocycles. The highest BCUT2D eigenvalue weighted by Gasteiger charge is 2.24. The van der Waals surface area contributed by atoms with E-state index in [1.807, 2.05) is 13.0 Å². The standard InChI is InChI=1S/C14H15NO3S/c1-12-8-10-14(11-9-12)19(16,17)15(18-2)13-6-4-3-5-7-13/h3-11H,1-2H3. The van der Waals surface area contributed by atoms with Crippen LogP contribution in [0.3, 0.4) is 0 Å². The number of rotatable bonds is 4. The van der Waals surface area contributed by atoms with Crippen LogP contribution < -0.4 is 4.47 Å². The molecule has 0 radical (unpaired) electrons. The normalized spacial score (nSPS) is 11.3. The van der Waals surface area contributed by atoms with E-state index in [2.05, 4.69) is 0 Å². The van der Waals surface area contributed by atoms with Crippen molar-refractivity contribution in [3.05, 3.63) is 60.2 Å². The van der Waals surface area contributed by atoms with Crippen LogP contribution in [0.15, 0.2) is 59.5 Å². The van der Waals surface area contributed by atoms with Crippen molar-refractivity contribution in [1.82, 2.24) is 0 Å². The van der Waals surface area contributed by atoms with Crippen molar-refractivity contribution in [3.63, 3.8) is 0 Å². The average molecular weight is 277 g/mol. The molecule has 5 heteroatoms. The highest BCUT2D eigenvalue weighted by atomic mass is 32.2. The molecule has 2 rings (SSSR count). The zero-order valence-electron chi connectivity index (χ0n) is 10.8. The van der Waals surface area contributed by atoms with Crippen LogP contribution in [0.25, 0.3) is 0 Å². The van der Waals surface area contributed by atoms with Crippen molar-refractivity contribution in [3.8, 4) is 0 Å². The van der Waals surface area contributed by atoms with E-state index in [9.17, 15) is 8.42 Å². The predicted molar refractivity (Wildman–Crippen MR) is 74.3 cm³/mol. The SMILES string of the molecule is CON(c1ccccc1)S(=O)(=O)c1ccc(C)cc1. The van der Waals surface area contributed by atoms with Gasteiger partial charge in [-0.25, -0.2) is 0 Å². The molecule has 0 aliphatic heterocycles. The lowest BCUT2D eigenvalue weighted by molar-refractivity contribution is 0.216. The van der Waals surface area contributed by atoms with Gasteiger partial charge in [0, 0.05) is 0 Å². The molecule has 4 nitrogen and oxygen atoms in total. The average Bonchev–Trinajstić information content (AvgIpc) is 2.41. The molecule has 0 spiro atoms. The highest BCUT2D eigenvalue weighted by molar-refractivity contribution is 7.92. The van der Waals surface area contributed by atoms with E-state index < -0.39 is 10.0 Å². The molecule has 0 saturated carbocycles. The number of anilines is 1. The zero-order valence-corrected chi connectivity index (χ0v) is 11.6. The highest BCUT2D eigenvalue weighted by Crippen LogP contribution is 2.23. The maximum atomic E-state index is 12.5. The van der Waals surface area contributed by atoms with Crippen LogP contribution in [-0.2, 0) is 14.9 Å². The van der Waals surface area contributed by atoms with E-state index in [0.29, 0.717) is 5.69 Å². The van der Waals surface area contributed by atoms with Gasteiger partial charge in [-0.2, -0.15) is 8.42 Å². The summed E-state index contributed by atoms with van der Waals surface area (Å²) in [6.07, 6.45) is 0. The van der Waals surface area contributed by atoms with Crippen molar-refractivity contribution in [2.45, 2.75) is 11.8 Å². The van der Waals surface area contributed by atoms with E-state index in [4.69, 9.17) is 4.84 Å². The van der Waals surface area contributed by atoms with E-state index in [0.717, 1.165) is 10.0 Å². The lowest BCUT2D eigenvalue weighted by atomic mass is 10.2. The van der Waals surface area contributed by atoms with Crippen LogP contribution in [-0.4, -0.2) is 15.5 Å². The van der Waals surface area contributed by atoms with Crippen molar-refractivity contribution < 1.29 is 13.3 Å². The molecule has 0 heterocycles. The Morgan fingerprint density at radius 1 is 0.947 bits per heavy atom. The number of aryl methyl sites for hydroxylation is 1. The topological polar surface area (TPSA) is 46.6 Å². The molecule has 0 bridgehead atoms. The van der Waals surface area contributed by atoms with E-state index in [1.54, 1.807) is 48.5 Å². The zero-order chi connectivity index (χ0) is 13.9. The van der Waals surface area contributed by atoms with Crippen molar-refractivity contribution in [2.24, 2.45) is 0 Å². The van der Waals surface area contributed by atoms with E-state index in [1.165, 1.54) is 7.11 Å². The Kier molecular flexibility index (Phi) is 3.87. The smallest absolute Gasteiger partial charge is 0.262 e. The predicted octanol–water partition coefficient (Wildman–Crippen LogP) is 2.75. The Hall–Kier alpha value is -1.85. The first kappa shape index (κ1) is 13.6. The number of hydrogen-bond donors (Lipinski definition) is 0. The Morgan fingerprint density at radius 3 is 2.05 bits per heavy atom. The number of sulfonamides is 1. The second kappa shape index (κ2) is 5.42. The number of hydrogen-bond acceptors (Lipinski definition) is 3. The van der Waals surface area contributed by atoms with Crippen molar-refractivity contribution >= 4 is 15.7 Å². The minimum absolute atomic E-state index is 0.198. The molecule has 0 unspecified atom stereocenters. The molecule has 19 heavy (non-hydrogen) atoms. The van der Waals surface area contributed by atoms with Crippen molar-refractivity contribution in [2.75, 3.05) is 11.6 Å². The van der Waals surface area contributed by atoms with Gasteiger partial charge in [-0.15, -0.1) is 4.47 Å². The Labute approximate surface area is 113 Å². The molecular formula is C14H15NO3S. The van der Waals surface area contributed by atoms with E-state index >= 15 is 0 Å². The largest absolute Gasteiger partial charge is 0.286 e. The summed E-state index contributed by atoms with van der Waals surface area (Å²) >= 11 is 0. The molecule has 2 aromatic carbocycles. The quantitative estimate of drug-likeness (QED) is 0.807. The van der Waals surface area contributed by atoms with Gasteiger partial charge in [0.1, 0.15) is 0 Å². The van der Waals surface area contributed by atoms with E-state index in [-0.39, 0.29) is 4.90 Å². The minimum atomic E-state index is -3.71. The molecule has 0 saturated heterocycles. The third kappa shape index (κ3) is 2.77. The molecule has 0 atom stereocenters. The lowest BCUT2D eigenvalue weighted by Gasteiger charge is -2.21. The van der Waals surface area contributed by atoms with Gasteiger partial charge in [-0.05, 0) is 31.2 Å². The fraction of sp³-hybridized carbons (Fsp3) is 0.143. The van der Waals surface area contributed by atoms with Crippen LogP contribution in [0.2, 0.25) is 0 Å². The lowest BCUT2D eigenvalue weighted by Crippen LogP contribution is -2.29. The van der Waals surface area contributed by atoms with Gasteiger partial charge in [-0.1, -0.05) is 35.9 Å². The van der Waals surface area contributed by atoms with Crippen LogP contribution >= 0.6 is 0 Å². The molecule has 2 aromatic rings. The van der Waals surface area contributed by atoms with Crippen molar-refractivity contribution in [1.29, 1.82) is 0 Å². The fourth-order valence-electron chi connectivity index (χ4n) is 1.70. The van der Waals surface area contributed by atoms with Crippen LogP contribution in [0, 0.1) is 6.92 Å². The summed E-state index contributed by atoms with van der Waals surface area (Å²) in [6.45, 7) is 1.90. The van der Waals surface area contributed by atoms with Gasteiger partial charge in [-0.3, -0.25) is 4.84 Å². The molecule has 0 N–H and O–H groups in total. The third-order valence-corrected chi connectivity index (χ3v) is 4.33. The Bertz CT molecular complexity index is 636. The summed E-state index contributed by atoms with van der Waals surface area (Å²) in [7, 11) is -2.38. The summed E-state index contributed by atoms with van der Waals surface area (Å²) in [6, 6.07) is 15.3. The first-order valence-corrected chi connectivity index (χ1v) is 7.21. The molecule has 0 aromatic heterocycles. The molecular weight excluding hydrogens is 262 g/mol. The summed E-state index contributed by atoms with van der Waals surface area (Å²) < 4.78 is 25.9. The summed E-state index contributed by atoms with van der Waals surface area (Å²) in [5.41, 5.74) is 1.47. The Morgan fingerprint density at radius 2 is 1.53 bits per heavy atom.